The van der Waals surface area contributed by atoms with Gasteiger partial charge in [0.15, 0.2) is 0 Å². The first-order valence-electron chi connectivity index (χ1n) is 5.01. The minimum absolute atomic E-state index is 0.902. The van der Waals surface area contributed by atoms with E-state index in [1.54, 1.807) is 7.11 Å². The van der Waals surface area contributed by atoms with Crippen LogP contribution in [-0.4, -0.2) is 20.5 Å². The molecule has 2 aromatic carbocycles. The van der Waals surface area contributed by atoms with Gasteiger partial charge in [-0.05, 0) is 0 Å². The molecule has 0 radical (unpaired) electrons. The summed E-state index contributed by atoms with van der Waals surface area (Å²) < 4.78 is 5.18. The first kappa shape index (κ1) is 9.97. The second-order valence-electron chi connectivity index (χ2n) is 3.54. The first-order chi connectivity index (χ1) is 7.33. The van der Waals surface area contributed by atoms with Gasteiger partial charge in [0.05, 0.1) is 0 Å². The molecule has 0 amide bonds. The van der Waals surface area contributed by atoms with E-state index in [1.807, 2.05) is 19.1 Å². The predicted octanol–water partition coefficient (Wildman–Crippen LogP) is 2.48. The van der Waals surface area contributed by atoms with Gasteiger partial charge in [0.1, 0.15) is 0 Å². The number of hydrogen-bond donors (Lipinski definition) is 0. The molecule has 0 bridgehead atoms. The zero-order chi connectivity index (χ0) is 10.7. The van der Waals surface area contributed by atoms with Crippen molar-refractivity contribution in [2.24, 2.45) is 0 Å². The van der Waals surface area contributed by atoms with E-state index in [-0.39, 0.29) is 0 Å². The summed E-state index contributed by atoms with van der Waals surface area (Å²) in [6.45, 7) is 5.66. The summed E-state index contributed by atoms with van der Waals surface area (Å²) in [4.78, 5) is 0. The van der Waals surface area contributed by atoms with Crippen molar-refractivity contribution in [3.63, 3.8) is 0 Å². The van der Waals surface area contributed by atoms with E-state index >= 15 is 0 Å². The quantitative estimate of drug-likeness (QED) is 0.685. The minimum atomic E-state index is 0.902. The molecule has 0 heterocycles. The fourth-order valence-corrected chi connectivity index (χ4v) is 1.69. The number of methoxy groups -OCH3 is 1. The van der Waals surface area contributed by atoms with Crippen LogP contribution in [0.1, 0.15) is 5.56 Å². The summed E-state index contributed by atoms with van der Waals surface area (Å²) in [6.07, 6.45) is 0.919. The zero-order valence-corrected chi connectivity index (χ0v) is 8.86. The van der Waals surface area contributed by atoms with Crippen molar-refractivity contribution in [2.75, 3.05) is 7.11 Å². The Kier molecular flexibility index (Phi) is 2.86. The fourth-order valence-electron chi connectivity index (χ4n) is 1.69. The molecule has 0 fully saturated rings. The van der Waals surface area contributed by atoms with Gasteiger partial charge in [-0.25, -0.2) is 0 Å². The molecule has 15 heavy (non-hydrogen) atoms. The Morgan fingerprint density at radius 2 is 1.87 bits per heavy atom. The molecule has 0 saturated carbocycles. The number of benzene rings is 2. The van der Waals surface area contributed by atoms with Gasteiger partial charge in [-0.1, -0.05) is 0 Å². The van der Waals surface area contributed by atoms with Crippen molar-refractivity contribution >= 4 is 24.2 Å². The van der Waals surface area contributed by atoms with E-state index in [9.17, 15) is 0 Å². The first-order valence-corrected chi connectivity index (χ1v) is 5.01. The molecule has 0 N–H and O–H groups in total. The standard InChI is InChI=1S/C13H13BO/c1-14-9-10-3-4-12-8-13(15-2)6-5-11(12)7-10/h3-8H,1,9H2,2H3. The van der Waals surface area contributed by atoms with Crippen molar-refractivity contribution in [1.82, 2.24) is 0 Å². The van der Waals surface area contributed by atoms with Crippen LogP contribution in [0.4, 0.5) is 0 Å². The average Bonchev–Trinajstić information content (AvgIpc) is 2.29. The molecule has 0 aromatic heterocycles. The van der Waals surface area contributed by atoms with E-state index in [1.165, 1.54) is 16.3 Å². The molecular weight excluding hydrogens is 183 g/mol. The van der Waals surface area contributed by atoms with Crippen LogP contribution < -0.4 is 4.74 Å². The molecular formula is C13H13BO. The monoisotopic (exact) mass is 196 g/mol. The third kappa shape index (κ3) is 2.09. The van der Waals surface area contributed by atoms with Crippen molar-refractivity contribution in [1.29, 1.82) is 0 Å². The van der Waals surface area contributed by atoms with E-state index in [0.29, 0.717) is 0 Å². The molecule has 0 spiro atoms. The number of rotatable bonds is 3. The summed E-state index contributed by atoms with van der Waals surface area (Å²) in [6, 6.07) is 12.6. The van der Waals surface area contributed by atoms with Gasteiger partial charge >= 0.3 is 90.0 Å². The van der Waals surface area contributed by atoms with Crippen molar-refractivity contribution in [3.8, 4) is 5.75 Å². The Balaban J connectivity index is 2.49. The van der Waals surface area contributed by atoms with Crippen LogP contribution in [0, 0.1) is 0 Å². The Labute approximate surface area is 90.6 Å². The van der Waals surface area contributed by atoms with Gasteiger partial charge in [-0.3, -0.25) is 0 Å². The Bertz CT molecular complexity index is 491. The molecule has 0 aliphatic rings. The topological polar surface area (TPSA) is 9.23 Å². The van der Waals surface area contributed by atoms with Crippen molar-refractivity contribution in [2.45, 2.75) is 6.32 Å². The molecule has 0 saturated heterocycles. The SMILES string of the molecule is C=BCc1ccc2cc(OC)ccc2c1. The van der Waals surface area contributed by atoms with Gasteiger partial charge in [0.2, 0.25) is 0 Å². The van der Waals surface area contributed by atoms with E-state index in [0.717, 1.165) is 12.1 Å². The molecule has 1 nitrogen and oxygen atoms in total. The van der Waals surface area contributed by atoms with E-state index in [2.05, 4.69) is 30.7 Å². The maximum atomic E-state index is 5.18. The molecule has 2 heteroatoms. The summed E-state index contributed by atoms with van der Waals surface area (Å²) in [5.74, 6) is 0.902. The van der Waals surface area contributed by atoms with E-state index in [4.69, 9.17) is 4.74 Å². The van der Waals surface area contributed by atoms with Crippen molar-refractivity contribution in [3.05, 3.63) is 42.0 Å². The predicted molar refractivity (Wildman–Crippen MR) is 67.1 cm³/mol. The number of fused-ring (bicyclic) bond motifs is 1. The Morgan fingerprint density at radius 3 is 2.60 bits per heavy atom. The molecule has 0 unspecified atom stereocenters. The van der Waals surface area contributed by atoms with Crippen LogP contribution >= 0.6 is 0 Å². The van der Waals surface area contributed by atoms with Gasteiger partial charge in [-0.2, -0.15) is 0 Å². The second kappa shape index (κ2) is 4.30. The molecule has 2 aromatic rings. The third-order valence-electron chi connectivity index (χ3n) is 2.49. The zero-order valence-electron chi connectivity index (χ0n) is 8.86. The fraction of sp³-hybridized carbons (Fsp3) is 0.154. The summed E-state index contributed by atoms with van der Waals surface area (Å²) >= 11 is 0. The molecule has 0 aliphatic heterocycles. The van der Waals surface area contributed by atoms with Gasteiger partial charge in [-0.15, -0.1) is 0 Å². The van der Waals surface area contributed by atoms with Crippen LogP contribution in [0.5, 0.6) is 5.75 Å². The second-order valence-corrected chi connectivity index (χ2v) is 3.54. The van der Waals surface area contributed by atoms with E-state index < -0.39 is 0 Å². The van der Waals surface area contributed by atoms with Gasteiger partial charge < -0.3 is 0 Å². The Hall–Kier alpha value is -1.57. The van der Waals surface area contributed by atoms with Crippen LogP contribution in [-0.2, 0) is 6.32 Å². The van der Waals surface area contributed by atoms with Crippen LogP contribution in [0.3, 0.4) is 0 Å². The number of hydrogen-bond acceptors (Lipinski definition) is 1. The summed E-state index contributed by atoms with van der Waals surface area (Å²) in [7, 11) is 1.69. The average molecular weight is 196 g/mol. The van der Waals surface area contributed by atoms with Crippen LogP contribution in [0.15, 0.2) is 36.4 Å². The van der Waals surface area contributed by atoms with Crippen LogP contribution in [0.2, 0.25) is 0 Å². The normalized spacial score (nSPS) is 9.93. The molecule has 2 rings (SSSR count). The Morgan fingerprint density at radius 1 is 1.13 bits per heavy atom. The van der Waals surface area contributed by atoms with Gasteiger partial charge in [0, 0.05) is 0 Å². The maximum absolute atomic E-state index is 5.18. The van der Waals surface area contributed by atoms with Crippen molar-refractivity contribution < 1.29 is 4.74 Å². The number of ether oxygens (including phenoxy) is 1. The summed E-state index contributed by atoms with van der Waals surface area (Å²) in [5.41, 5.74) is 1.29. The molecule has 0 atom stereocenters. The summed E-state index contributed by atoms with van der Waals surface area (Å²) in [5, 5.41) is 2.46. The van der Waals surface area contributed by atoms with Crippen LogP contribution in [0.25, 0.3) is 10.8 Å². The molecule has 74 valence electrons. The molecule has 0 aliphatic carbocycles. The third-order valence-corrected chi connectivity index (χ3v) is 2.49. The van der Waals surface area contributed by atoms with Gasteiger partial charge in [0.25, 0.3) is 0 Å².